The smallest absolute Gasteiger partial charge is 0.338 e. The third-order valence-corrected chi connectivity index (χ3v) is 7.21. The fourth-order valence-electron chi connectivity index (χ4n) is 5.35. The predicted octanol–water partition coefficient (Wildman–Crippen LogP) is 5.31. The predicted molar refractivity (Wildman–Crippen MR) is 154 cm³/mol. The van der Waals surface area contributed by atoms with Gasteiger partial charge in [0.05, 0.1) is 18.4 Å². The summed E-state index contributed by atoms with van der Waals surface area (Å²) in [4.78, 5) is 53.9. The van der Waals surface area contributed by atoms with Gasteiger partial charge in [-0.2, -0.15) is 0 Å². The lowest BCUT2D eigenvalue weighted by Gasteiger charge is -2.41. The van der Waals surface area contributed by atoms with E-state index in [2.05, 4.69) is 20.9 Å². The molecule has 2 aliphatic rings. The molecule has 208 valence electrons. The minimum atomic E-state index is -0.605. The van der Waals surface area contributed by atoms with Crippen LogP contribution in [0.2, 0.25) is 0 Å². The first kappa shape index (κ1) is 28.6. The number of aryl methyl sites for hydroxylation is 1. The highest BCUT2D eigenvalue weighted by atomic mass is 16.5. The minimum absolute atomic E-state index is 0.0912. The lowest BCUT2D eigenvalue weighted by molar-refractivity contribution is -0.119. The third kappa shape index (κ3) is 5.94. The molecule has 2 aliphatic heterocycles. The van der Waals surface area contributed by atoms with Crippen LogP contribution >= 0.6 is 0 Å². The van der Waals surface area contributed by atoms with Gasteiger partial charge in [-0.05, 0) is 60.3 Å². The Balaban J connectivity index is 0.00000118. The maximum Gasteiger partial charge on any atom is 0.338 e. The number of hydrogen-bond donors (Lipinski definition) is 0. The van der Waals surface area contributed by atoms with Crippen LogP contribution in [-0.4, -0.2) is 58.1 Å². The largest absolute Gasteiger partial charge is 0.465 e. The molecule has 0 aliphatic carbocycles. The molecule has 0 N–H and O–H groups in total. The van der Waals surface area contributed by atoms with E-state index in [1.54, 1.807) is 44.6 Å². The van der Waals surface area contributed by atoms with E-state index in [4.69, 9.17) is 4.74 Å². The van der Waals surface area contributed by atoms with Crippen molar-refractivity contribution in [3.05, 3.63) is 93.9 Å². The SMILES string of the molecule is COC.COC(=O)c1ccccc1C(=O)c1ccc(N2CCC(N3C(=O)CCc4ccccc43)CC2)c(N=O)c1. The number of amides is 1. The van der Waals surface area contributed by atoms with Crippen molar-refractivity contribution in [2.75, 3.05) is 44.2 Å². The van der Waals surface area contributed by atoms with Crippen LogP contribution in [0.15, 0.2) is 71.9 Å². The van der Waals surface area contributed by atoms with Gasteiger partial charge in [0.2, 0.25) is 5.91 Å². The number of benzene rings is 3. The lowest BCUT2D eigenvalue weighted by atomic mass is 9.94. The second-order valence-corrected chi connectivity index (χ2v) is 9.68. The lowest BCUT2D eigenvalue weighted by Crippen LogP contribution is -2.49. The van der Waals surface area contributed by atoms with E-state index in [-0.39, 0.29) is 34.3 Å². The van der Waals surface area contributed by atoms with Crippen LogP contribution in [0, 0.1) is 4.91 Å². The summed E-state index contributed by atoms with van der Waals surface area (Å²) in [5, 5.41) is 3.21. The molecule has 40 heavy (non-hydrogen) atoms. The molecule has 1 fully saturated rings. The number of hydrogen-bond acceptors (Lipinski definition) is 8. The summed E-state index contributed by atoms with van der Waals surface area (Å²) in [6.07, 6.45) is 2.80. The Labute approximate surface area is 233 Å². The zero-order chi connectivity index (χ0) is 28.6. The van der Waals surface area contributed by atoms with Gasteiger partial charge in [-0.3, -0.25) is 9.59 Å². The van der Waals surface area contributed by atoms with Crippen molar-refractivity contribution in [1.29, 1.82) is 0 Å². The van der Waals surface area contributed by atoms with Crippen molar-refractivity contribution in [3.63, 3.8) is 0 Å². The van der Waals surface area contributed by atoms with Crippen LogP contribution in [0.5, 0.6) is 0 Å². The molecule has 0 unspecified atom stereocenters. The van der Waals surface area contributed by atoms with Gasteiger partial charge in [-0.25, -0.2) is 4.79 Å². The second-order valence-electron chi connectivity index (χ2n) is 9.68. The van der Waals surface area contributed by atoms with Crippen molar-refractivity contribution in [3.8, 4) is 0 Å². The molecule has 5 rings (SSSR count). The average Bonchev–Trinajstić information content (AvgIpc) is 3.00. The van der Waals surface area contributed by atoms with E-state index in [0.29, 0.717) is 25.2 Å². The van der Waals surface area contributed by atoms with Crippen LogP contribution < -0.4 is 9.80 Å². The normalized spacial score (nSPS) is 15.0. The molecule has 0 bridgehead atoms. The Bertz CT molecular complexity index is 1400. The number of nitroso groups, excluding NO2 is 1. The summed E-state index contributed by atoms with van der Waals surface area (Å²) in [5.41, 5.74) is 3.64. The fraction of sp³-hybridized carbons (Fsp3) is 0.323. The highest BCUT2D eigenvalue weighted by molar-refractivity contribution is 6.15. The molecular formula is C31H33N3O6. The van der Waals surface area contributed by atoms with Gasteiger partial charge in [0.1, 0.15) is 5.69 Å². The third-order valence-electron chi connectivity index (χ3n) is 7.21. The Hall–Kier alpha value is -4.37. The van der Waals surface area contributed by atoms with Crippen LogP contribution in [0.4, 0.5) is 17.1 Å². The molecule has 0 aromatic heterocycles. The highest BCUT2D eigenvalue weighted by Crippen LogP contribution is 2.36. The molecule has 1 amide bonds. The van der Waals surface area contributed by atoms with Gasteiger partial charge in [0, 0.05) is 56.6 Å². The Morgan fingerprint density at radius 2 is 1.50 bits per heavy atom. The first-order valence-electron chi connectivity index (χ1n) is 13.2. The molecule has 3 aromatic carbocycles. The summed E-state index contributed by atoms with van der Waals surface area (Å²) < 4.78 is 9.04. The van der Waals surface area contributed by atoms with Gasteiger partial charge >= 0.3 is 5.97 Å². The molecule has 9 nitrogen and oxygen atoms in total. The van der Waals surface area contributed by atoms with Gasteiger partial charge in [-0.1, -0.05) is 36.4 Å². The molecule has 1 saturated heterocycles. The number of ether oxygens (including phenoxy) is 2. The van der Waals surface area contributed by atoms with Crippen LogP contribution in [-0.2, 0) is 20.7 Å². The maximum absolute atomic E-state index is 13.2. The summed E-state index contributed by atoms with van der Waals surface area (Å²) in [6, 6.07) is 19.4. The first-order valence-corrected chi connectivity index (χ1v) is 13.2. The van der Waals surface area contributed by atoms with Crippen LogP contribution in [0.1, 0.15) is 51.1 Å². The standard InChI is InChI=1S/C29H27N3O5.C2H6O/c1-37-29(35)23-8-4-3-7-22(23)28(34)20-10-12-26(24(18-20)30-36)31-16-14-21(15-17-31)32-25-9-5-2-6-19(25)11-13-27(32)33;1-3-2/h2-10,12,18,21H,11,13-17H2,1H3;1-2H3. The van der Waals surface area contributed by atoms with Crippen molar-refractivity contribution >= 4 is 34.7 Å². The number of nitrogens with zero attached hydrogens (tertiary/aromatic N) is 3. The van der Waals surface area contributed by atoms with Gasteiger partial charge in [-0.15, -0.1) is 4.91 Å². The van der Waals surface area contributed by atoms with E-state index < -0.39 is 11.8 Å². The number of piperidine rings is 1. The van der Waals surface area contributed by atoms with E-state index in [1.807, 2.05) is 23.1 Å². The van der Waals surface area contributed by atoms with Gasteiger partial charge in [0.15, 0.2) is 5.78 Å². The monoisotopic (exact) mass is 543 g/mol. The summed E-state index contributed by atoms with van der Waals surface area (Å²) in [6.45, 7) is 1.30. The molecule has 0 saturated carbocycles. The zero-order valence-corrected chi connectivity index (χ0v) is 23.0. The summed E-state index contributed by atoms with van der Waals surface area (Å²) in [5.74, 6) is -0.840. The van der Waals surface area contributed by atoms with Crippen molar-refractivity contribution in [2.45, 2.75) is 31.7 Å². The molecule has 3 aromatic rings. The zero-order valence-electron chi connectivity index (χ0n) is 23.0. The Kier molecular flexibility index (Phi) is 9.39. The van der Waals surface area contributed by atoms with Crippen molar-refractivity contribution in [1.82, 2.24) is 0 Å². The number of carbonyl (C=O) groups is 3. The average molecular weight is 544 g/mol. The number of rotatable bonds is 6. The first-order chi connectivity index (χ1) is 19.4. The topological polar surface area (TPSA) is 106 Å². The Morgan fingerprint density at radius 1 is 0.850 bits per heavy atom. The minimum Gasteiger partial charge on any atom is -0.465 e. The number of ketones is 1. The van der Waals surface area contributed by atoms with E-state index >= 15 is 0 Å². The molecule has 0 spiro atoms. The summed E-state index contributed by atoms with van der Waals surface area (Å²) in [7, 11) is 4.51. The number of fused-ring (bicyclic) bond motifs is 1. The van der Waals surface area contributed by atoms with Crippen LogP contribution in [0.25, 0.3) is 0 Å². The summed E-state index contributed by atoms with van der Waals surface area (Å²) >= 11 is 0. The maximum atomic E-state index is 13.2. The number of anilines is 2. The molecular weight excluding hydrogens is 510 g/mol. The van der Waals surface area contributed by atoms with Crippen LogP contribution in [0.3, 0.4) is 0 Å². The molecule has 0 radical (unpaired) electrons. The van der Waals surface area contributed by atoms with E-state index in [0.717, 1.165) is 24.9 Å². The second kappa shape index (κ2) is 13.1. The molecule has 0 atom stereocenters. The highest BCUT2D eigenvalue weighted by Gasteiger charge is 2.33. The fourth-order valence-corrected chi connectivity index (χ4v) is 5.35. The number of esters is 1. The van der Waals surface area contributed by atoms with E-state index in [9.17, 15) is 19.3 Å². The number of para-hydroxylation sites is 1. The molecule has 9 heteroatoms. The Morgan fingerprint density at radius 3 is 2.17 bits per heavy atom. The van der Waals surface area contributed by atoms with Gasteiger partial charge < -0.3 is 19.3 Å². The van der Waals surface area contributed by atoms with Gasteiger partial charge in [0.25, 0.3) is 0 Å². The van der Waals surface area contributed by atoms with Crippen molar-refractivity contribution in [2.24, 2.45) is 5.18 Å². The number of carbonyl (C=O) groups excluding carboxylic acids is 3. The van der Waals surface area contributed by atoms with E-state index in [1.165, 1.54) is 24.8 Å². The quantitative estimate of drug-likeness (QED) is 0.236. The molecule has 2 heterocycles. The van der Waals surface area contributed by atoms with Crippen molar-refractivity contribution < 1.29 is 23.9 Å². The number of methoxy groups -OCH3 is 2.